The van der Waals surface area contributed by atoms with Crippen molar-refractivity contribution in [2.24, 2.45) is 0 Å². The van der Waals surface area contributed by atoms with Crippen molar-refractivity contribution in [2.75, 3.05) is 7.11 Å². The number of aromatic nitrogens is 2. The molecule has 0 radical (unpaired) electrons. The van der Waals surface area contributed by atoms with E-state index in [0.29, 0.717) is 6.04 Å². The average Bonchev–Trinajstić information content (AvgIpc) is 2.88. The van der Waals surface area contributed by atoms with Crippen molar-refractivity contribution in [2.45, 2.75) is 33.0 Å². The molecule has 0 spiro atoms. The summed E-state index contributed by atoms with van der Waals surface area (Å²) in [6.07, 6.45) is 1.85. The lowest BCUT2D eigenvalue weighted by atomic mass is 10.2. The first-order valence-corrected chi connectivity index (χ1v) is 6.57. The minimum Gasteiger partial charge on any atom is -0.496 e. The number of ether oxygens (including phenoxy) is 1. The molecule has 0 saturated heterocycles. The molecule has 1 aromatic carbocycles. The molecule has 0 aliphatic carbocycles. The lowest BCUT2D eigenvalue weighted by Gasteiger charge is -2.12. The maximum absolute atomic E-state index is 5.34. The Labute approximate surface area is 126 Å². The van der Waals surface area contributed by atoms with Crippen molar-refractivity contribution >= 4 is 12.4 Å². The van der Waals surface area contributed by atoms with E-state index in [2.05, 4.69) is 36.4 Å². The third kappa shape index (κ3) is 3.99. The molecule has 0 saturated carbocycles. The highest BCUT2D eigenvalue weighted by Crippen LogP contribution is 2.17. The average molecular weight is 296 g/mol. The van der Waals surface area contributed by atoms with Gasteiger partial charge in [0.25, 0.3) is 0 Å². The molecular formula is C15H22ClN3O. The number of rotatable bonds is 6. The Morgan fingerprint density at radius 2 is 1.95 bits per heavy atom. The van der Waals surface area contributed by atoms with Crippen LogP contribution in [0.5, 0.6) is 5.75 Å². The molecule has 0 bridgehead atoms. The molecule has 110 valence electrons. The zero-order valence-electron chi connectivity index (χ0n) is 12.2. The Hall–Kier alpha value is -1.52. The first kappa shape index (κ1) is 16.5. The summed E-state index contributed by atoms with van der Waals surface area (Å²) >= 11 is 0. The second-order valence-corrected chi connectivity index (χ2v) is 4.78. The Balaban J connectivity index is 0.00000200. The number of nitrogens with zero attached hydrogens (tertiary/aromatic N) is 2. The molecular weight excluding hydrogens is 274 g/mol. The van der Waals surface area contributed by atoms with Gasteiger partial charge >= 0.3 is 0 Å². The van der Waals surface area contributed by atoms with Gasteiger partial charge in [-0.2, -0.15) is 5.10 Å². The fourth-order valence-electron chi connectivity index (χ4n) is 2.12. The van der Waals surface area contributed by atoms with Gasteiger partial charge in [0.2, 0.25) is 0 Å². The Morgan fingerprint density at radius 3 is 2.65 bits per heavy atom. The predicted molar refractivity (Wildman–Crippen MR) is 83.4 cm³/mol. The summed E-state index contributed by atoms with van der Waals surface area (Å²) in [6, 6.07) is 10.5. The highest BCUT2D eigenvalue weighted by Gasteiger charge is 2.06. The summed E-state index contributed by atoms with van der Waals surface area (Å²) < 4.78 is 7.37. The molecule has 0 amide bonds. The van der Waals surface area contributed by atoms with Gasteiger partial charge in [0.1, 0.15) is 5.75 Å². The number of benzene rings is 1. The molecule has 2 aromatic rings. The first-order valence-electron chi connectivity index (χ1n) is 6.57. The zero-order valence-corrected chi connectivity index (χ0v) is 13.0. The fourth-order valence-corrected chi connectivity index (χ4v) is 2.12. The highest BCUT2D eigenvalue weighted by molar-refractivity contribution is 5.85. The van der Waals surface area contributed by atoms with Gasteiger partial charge in [-0.3, -0.25) is 4.68 Å². The third-order valence-electron chi connectivity index (χ3n) is 3.06. The molecule has 1 N–H and O–H groups in total. The van der Waals surface area contributed by atoms with Crippen LogP contribution in [0.3, 0.4) is 0 Å². The third-order valence-corrected chi connectivity index (χ3v) is 3.06. The minimum atomic E-state index is 0. The molecule has 20 heavy (non-hydrogen) atoms. The van der Waals surface area contributed by atoms with E-state index in [1.54, 1.807) is 7.11 Å². The molecule has 2 rings (SSSR count). The molecule has 0 fully saturated rings. The fraction of sp³-hybridized carbons (Fsp3) is 0.400. The Morgan fingerprint density at radius 1 is 1.20 bits per heavy atom. The zero-order chi connectivity index (χ0) is 13.7. The van der Waals surface area contributed by atoms with Crippen molar-refractivity contribution in [1.82, 2.24) is 15.1 Å². The van der Waals surface area contributed by atoms with Gasteiger partial charge in [-0.25, -0.2) is 0 Å². The van der Waals surface area contributed by atoms with Gasteiger partial charge in [-0.15, -0.1) is 12.4 Å². The number of nitrogens with one attached hydrogen (secondary N) is 1. The Bertz CT molecular complexity index is 525. The summed E-state index contributed by atoms with van der Waals surface area (Å²) in [5.41, 5.74) is 2.37. The predicted octanol–water partition coefficient (Wildman–Crippen LogP) is 3.18. The summed E-state index contributed by atoms with van der Waals surface area (Å²) in [5, 5.41) is 7.76. The Kier molecular flexibility index (Phi) is 6.55. The molecule has 0 unspecified atom stereocenters. The quantitative estimate of drug-likeness (QED) is 0.889. The molecule has 5 heteroatoms. The van der Waals surface area contributed by atoms with Crippen molar-refractivity contribution in [3.8, 4) is 5.75 Å². The van der Waals surface area contributed by atoms with Gasteiger partial charge in [-0.1, -0.05) is 18.2 Å². The van der Waals surface area contributed by atoms with Gasteiger partial charge in [0, 0.05) is 30.9 Å². The summed E-state index contributed by atoms with van der Waals surface area (Å²) in [7, 11) is 1.70. The molecule has 0 aliphatic rings. The topological polar surface area (TPSA) is 39.1 Å². The standard InChI is InChI=1S/C15H21N3O.ClH/c1-12(2)18-14(8-9-17-18)11-16-10-13-6-4-5-7-15(13)19-3;/h4-9,12,16H,10-11H2,1-3H3;1H. The number of methoxy groups -OCH3 is 1. The van der Waals surface area contributed by atoms with Crippen LogP contribution in [0.25, 0.3) is 0 Å². The van der Waals surface area contributed by atoms with Crippen LogP contribution >= 0.6 is 12.4 Å². The smallest absolute Gasteiger partial charge is 0.123 e. The van der Waals surface area contributed by atoms with Gasteiger partial charge < -0.3 is 10.1 Å². The normalized spacial score (nSPS) is 10.4. The van der Waals surface area contributed by atoms with Gasteiger partial charge in [0.15, 0.2) is 0 Å². The van der Waals surface area contributed by atoms with Crippen molar-refractivity contribution < 1.29 is 4.74 Å². The van der Waals surface area contributed by atoms with E-state index < -0.39 is 0 Å². The van der Waals surface area contributed by atoms with Crippen LogP contribution in [-0.2, 0) is 13.1 Å². The molecule has 1 aromatic heterocycles. The maximum atomic E-state index is 5.34. The van der Waals surface area contributed by atoms with Crippen LogP contribution in [0.15, 0.2) is 36.5 Å². The largest absolute Gasteiger partial charge is 0.496 e. The molecule has 0 atom stereocenters. The van der Waals surface area contributed by atoms with E-state index in [4.69, 9.17) is 4.74 Å². The minimum absolute atomic E-state index is 0. The number of halogens is 1. The van der Waals surface area contributed by atoms with E-state index in [9.17, 15) is 0 Å². The first-order chi connectivity index (χ1) is 9.22. The number of hydrogen-bond acceptors (Lipinski definition) is 3. The summed E-state index contributed by atoms with van der Waals surface area (Å²) in [5.74, 6) is 0.923. The molecule has 1 heterocycles. The second kappa shape index (κ2) is 7.92. The molecule has 0 aliphatic heterocycles. The lowest BCUT2D eigenvalue weighted by Crippen LogP contribution is -2.17. The van der Waals surface area contributed by atoms with Crippen molar-refractivity contribution in [3.05, 3.63) is 47.8 Å². The van der Waals surface area contributed by atoms with Crippen LogP contribution in [0.2, 0.25) is 0 Å². The van der Waals surface area contributed by atoms with E-state index in [1.165, 1.54) is 11.3 Å². The van der Waals surface area contributed by atoms with Crippen molar-refractivity contribution in [1.29, 1.82) is 0 Å². The van der Waals surface area contributed by atoms with Crippen LogP contribution < -0.4 is 10.1 Å². The summed E-state index contributed by atoms with van der Waals surface area (Å²) in [6.45, 7) is 5.86. The van der Waals surface area contributed by atoms with E-state index >= 15 is 0 Å². The maximum Gasteiger partial charge on any atom is 0.123 e. The van der Waals surface area contributed by atoms with Crippen LogP contribution in [0.4, 0.5) is 0 Å². The second-order valence-electron chi connectivity index (χ2n) is 4.78. The monoisotopic (exact) mass is 295 g/mol. The van der Waals surface area contributed by atoms with Crippen LogP contribution in [-0.4, -0.2) is 16.9 Å². The summed E-state index contributed by atoms with van der Waals surface area (Å²) in [4.78, 5) is 0. The van der Waals surface area contributed by atoms with Gasteiger partial charge in [0.05, 0.1) is 12.8 Å². The number of hydrogen-bond donors (Lipinski definition) is 1. The SMILES string of the molecule is COc1ccccc1CNCc1ccnn1C(C)C.Cl. The lowest BCUT2D eigenvalue weighted by molar-refractivity contribution is 0.407. The van der Waals surface area contributed by atoms with Crippen molar-refractivity contribution in [3.63, 3.8) is 0 Å². The van der Waals surface area contributed by atoms with Crippen LogP contribution in [0.1, 0.15) is 31.1 Å². The van der Waals surface area contributed by atoms with E-state index in [-0.39, 0.29) is 12.4 Å². The van der Waals surface area contributed by atoms with Gasteiger partial charge in [-0.05, 0) is 26.0 Å². The van der Waals surface area contributed by atoms with E-state index in [0.717, 1.165) is 18.8 Å². The highest BCUT2D eigenvalue weighted by atomic mass is 35.5. The number of para-hydroxylation sites is 1. The van der Waals surface area contributed by atoms with Crippen LogP contribution in [0, 0.1) is 0 Å². The van der Waals surface area contributed by atoms with E-state index in [1.807, 2.05) is 29.1 Å². The molecule has 4 nitrogen and oxygen atoms in total.